The molecule has 3 heteroatoms. The number of hydrogen-bond acceptors (Lipinski definition) is 1. The zero-order chi connectivity index (χ0) is 28.1. The molecule has 0 fully saturated rings. The molecule has 0 aliphatic heterocycles. The Labute approximate surface area is 240 Å². The Morgan fingerprint density at radius 2 is 1.18 bits per heavy atom. The average molecular weight is 522 g/mol. The Morgan fingerprint density at radius 3 is 1.76 bits per heavy atom. The topological polar surface area (TPSA) is 17.1 Å². The van der Waals surface area contributed by atoms with Gasteiger partial charge in [0.05, 0.1) is 0 Å². The normalized spacial score (nSPS) is 13.3. The fourth-order valence-corrected chi connectivity index (χ4v) is 6.23. The minimum absolute atomic E-state index is 0.0433. The van der Waals surface area contributed by atoms with Gasteiger partial charge in [0.2, 0.25) is 0 Å². The Bertz CT molecular complexity index is 718. The van der Waals surface area contributed by atoms with Gasteiger partial charge in [0.25, 0.3) is 0 Å². The summed E-state index contributed by atoms with van der Waals surface area (Å²) < 4.78 is 0. The van der Waals surface area contributed by atoms with Crippen LogP contribution in [0.3, 0.4) is 0 Å². The van der Waals surface area contributed by atoms with E-state index in [4.69, 9.17) is 0 Å². The number of hydrogen-bond donors (Lipinski definition) is 0. The molecule has 1 heterocycles. The summed E-state index contributed by atoms with van der Waals surface area (Å²) in [6.07, 6.45) is 26.1. The van der Waals surface area contributed by atoms with Crippen molar-refractivity contribution in [2.75, 3.05) is 0 Å². The van der Waals surface area contributed by atoms with E-state index in [0.717, 1.165) is 19.3 Å². The Morgan fingerprint density at radius 1 is 0.684 bits per heavy atom. The fourth-order valence-electron chi connectivity index (χ4n) is 6.23. The second kappa shape index (κ2) is 21.0. The zero-order valence-electron chi connectivity index (χ0n) is 26.6. The van der Waals surface area contributed by atoms with Crippen molar-refractivity contribution in [2.24, 2.45) is 5.41 Å². The van der Waals surface area contributed by atoms with E-state index in [9.17, 15) is 4.79 Å². The van der Waals surface area contributed by atoms with Crippen LogP contribution in [0.1, 0.15) is 175 Å². The van der Waals surface area contributed by atoms with Crippen molar-refractivity contribution in [3.63, 3.8) is 0 Å². The molecule has 0 aliphatic carbocycles. The van der Waals surface area contributed by atoms with Crippen molar-refractivity contribution < 1.29 is 4.79 Å². The molecule has 215 valence electrons. The van der Waals surface area contributed by atoms with E-state index >= 15 is 0 Å². The zero-order valence-corrected chi connectivity index (χ0v) is 26.6. The third-order valence-corrected chi connectivity index (χ3v) is 8.83. The predicted molar refractivity (Wildman–Crippen MR) is 173 cm³/mol. The second-order valence-corrected chi connectivity index (χ2v) is 13.1. The molecule has 0 saturated carbocycles. The van der Waals surface area contributed by atoms with Gasteiger partial charge in [-0.1, -0.05) is 13.8 Å². The molecular formula is C35H63B2O. The summed E-state index contributed by atoms with van der Waals surface area (Å²) in [6, 6.07) is 2.22. The molecule has 0 aliphatic rings. The van der Waals surface area contributed by atoms with Crippen molar-refractivity contribution in [3.05, 3.63) is 29.1 Å². The Kier molecular flexibility index (Phi) is 19.4. The Hall–Kier alpha value is -0.850. The van der Waals surface area contributed by atoms with Gasteiger partial charge in [0.1, 0.15) is 0 Å². The number of rotatable bonds is 25. The number of carbonyl (C=O) groups is 1. The first-order chi connectivity index (χ1) is 18.3. The van der Waals surface area contributed by atoms with Gasteiger partial charge < -0.3 is 0 Å². The summed E-state index contributed by atoms with van der Waals surface area (Å²) in [6.45, 7) is 16.2. The number of carbonyl (C=O) groups excluding carboxylic acids is 1. The smallest absolute Gasteiger partial charge is 0.0654 e. The first-order valence-corrected chi connectivity index (χ1v) is 16.8. The maximum atomic E-state index is 13.5. The van der Waals surface area contributed by atoms with Crippen LogP contribution in [0.25, 0.3) is 0 Å². The molecule has 1 unspecified atom stereocenters. The molecule has 1 radical (unpaired) electrons. The average Bonchev–Trinajstić information content (AvgIpc) is 2.89. The van der Waals surface area contributed by atoms with Gasteiger partial charge in [0, 0.05) is 0 Å². The van der Waals surface area contributed by atoms with Crippen LogP contribution in [0.5, 0.6) is 0 Å². The second-order valence-electron chi connectivity index (χ2n) is 13.1. The van der Waals surface area contributed by atoms with Crippen molar-refractivity contribution in [1.82, 2.24) is 0 Å². The van der Waals surface area contributed by atoms with E-state index in [0.29, 0.717) is 17.5 Å². The molecule has 0 amide bonds. The molecule has 1 nitrogen and oxygen atoms in total. The van der Waals surface area contributed by atoms with Crippen molar-refractivity contribution >= 4 is 19.9 Å². The molecule has 0 N–H and O–H groups in total. The summed E-state index contributed by atoms with van der Waals surface area (Å²) in [5.41, 5.74) is 3.34. The molecule has 0 bridgehead atoms. The molecule has 1 aromatic rings. The van der Waals surface area contributed by atoms with Gasteiger partial charge in [-0.25, -0.2) is 0 Å². The first-order valence-electron chi connectivity index (χ1n) is 16.8. The molecule has 1 rings (SSSR count). The predicted octanol–water partition coefficient (Wildman–Crippen LogP) is 11.0. The standard InChI is InChI=1S/C35H63B2O/c1-7-11-15-18-19-24-34(5,23-14-10-4)29-32-30-36-27-22-31(32)28-33(38)37-35(6,25-20-16-12-8-2)26-21-17-13-9-3/h22,27,30H,7-21,23-26,28-29H2,1-6H3. The van der Waals surface area contributed by atoms with E-state index in [1.54, 1.807) is 0 Å². The third kappa shape index (κ3) is 15.7. The van der Waals surface area contributed by atoms with Crippen LogP contribution in [0.15, 0.2) is 18.0 Å². The van der Waals surface area contributed by atoms with Crippen molar-refractivity contribution in [2.45, 2.75) is 182 Å². The van der Waals surface area contributed by atoms with Crippen molar-refractivity contribution in [1.29, 1.82) is 0 Å². The molecule has 0 aromatic carbocycles. The maximum absolute atomic E-state index is 13.5. The van der Waals surface area contributed by atoms with Gasteiger partial charge in [0.15, 0.2) is 0 Å². The van der Waals surface area contributed by atoms with Gasteiger partial charge in [-0.15, -0.1) is 0 Å². The first kappa shape index (κ1) is 35.2. The van der Waals surface area contributed by atoms with Crippen molar-refractivity contribution in [3.8, 4) is 0 Å². The van der Waals surface area contributed by atoms with Crippen LogP contribution >= 0.6 is 0 Å². The van der Waals surface area contributed by atoms with Crippen LogP contribution < -0.4 is 0 Å². The van der Waals surface area contributed by atoms with E-state index in [2.05, 4.69) is 73.7 Å². The SMILES string of the molecule is CCCCCCCC(C)(CCCC)Cc1cbccc1CC(=O)[B]C(C)(CCCCCC)CCCCCC. The van der Waals surface area contributed by atoms with Crippen LogP contribution in [-0.2, 0) is 17.6 Å². The van der Waals surface area contributed by atoms with Crippen LogP contribution in [-0.4, -0.2) is 19.9 Å². The molecule has 0 saturated heterocycles. The van der Waals surface area contributed by atoms with Gasteiger partial charge in [-0.05, 0) is 0 Å². The summed E-state index contributed by atoms with van der Waals surface area (Å²) in [4.78, 5) is 13.5. The molecule has 38 heavy (non-hydrogen) atoms. The van der Waals surface area contributed by atoms with Crippen LogP contribution in [0.4, 0.5) is 0 Å². The molecule has 1 aromatic heterocycles. The summed E-state index contributed by atoms with van der Waals surface area (Å²) in [7, 11) is 2.14. The minimum atomic E-state index is 0.0433. The van der Waals surface area contributed by atoms with Crippen LogP contribution in [0.2, 0.25) is 5.31 Å². The van der Waals surface area contributed by atoms with E-state index in [1.807, 2.05) is 0 Å². The molecule has 0 spiro atoms. The number of unbranched alkanes of at least 4 members (excludes halogenated alkanes) is 11. The monoisotopic (exact) mass is 522 g/mol. The van der Waals surface area contributed by atoms with Gasteiger partial charge in [-0.2, -0.15) is 0 Å². The quantitative estimate of drug-likeness (QED) is 0.0924. The fraction of sp³-hybridized carbons (Fsp3) is 0.829. The van der Waals surface area contributed by atoms with E-state index in [1.165, 1.54) is 120 Å². The van der Waals surface area contributed by atoms with Crippen LogP contribution in [0, 0.1) is 5.41 Å². The Balaban J connectivity index is 2.89. The third-order valence-electron chi connectivity index (χ3n) is 8.83. The van der Waals surface area contributed by atoms with Gasteiger partial charge in [-0.3, -0.25) is 0 Å². The summed E-state index contributed by atoms with van der Waals surface area (Å²) in [5, 5.41) is 0.0433. The van der Waals surface area contributed by atoms with Gasteiger partial charge >= 0.3 is 227 Å². The summed E-state index contributed by atoms with van der Waals surface area (Å²) >= 11 is 0. The minimum Gasteiger partial charge on any atom is -0.0654 e. The molecule has 1 atom stereocenters. The summed E-state index contributed by atoms with van der Waals surface area (Å²) in [5.74, 6) is 4.44. The van der Waals surface area contributed by atoms with E-state index < -0.39 is 0 Å². The molecular weight excluding hydrogens is 458 g/mol. The van der Waals surface area contributed by atoms with E-state index in [-0.39, 0.29) is 5.31 Å².